The van der Waals surface area contributed by atoms with E-state index in [9.17, 15) is 9.59 Å². The Bertz CT molecular complexity index is 1290. The van der Waals surface area contributed by atoms with Crippen LogP contribution in [0.15, 0.2) is 94.7 Å². The maximum atomic E-state index is 13.6. The smallest absolute Gasteiger partial charge is 0.249 e. The number of aromatic nitrogens is 2. The first kappa shape index (κ1) is 18.6. The van der Waals surface area contributed by atoms with Crippen molar-refractivity contribution in [3.05, 3.63) is 101 Å². The summed E-state index contributed by atoms with van der Waals surface area (Å²) in [6.45, 7) is 0.0587. The van der Waals surface area contributed by atoms with Crippen molar-refractivity contribution in [1.82, 2.24) is 9.78 Å². The van der Waals surface area contributed by atoms with Crippen LogP contribution in [0.5, 0.6) is 0 Å². The molecule has 30 heavy (non-hydrogen) atoms. The molecule has 0 N–H and O–H groups in total. The quantitative estimate of drug-likeness (QED) is 0.503. The van der Waals surface area contributed by atoms with Crippen molar-refractivity contribution in [1.29, 1.82) is 0 Å². The number of hydrogen-bond acceptors (Lipinski definition) is 4. The summed E-state index contributed by atoms with van der Waals surface area (Å²) >= 11 is 1.77. The lowest BCUT2D eigenvalue weighted by Gasteiger charge is -2.37. The molecule has 0 unspecified atom stereocenters. The van der Waals surface area contributed by atoms with Gasteiger partial charge in [-0.3, -0.25) is 14.3 Å². The maximum absolute atomic E-state index is 13.6. The van der Waals surface area contributed by atoms with Crippen molar-refractivity contribution in [2.24, 2.45) is 0 Å². The van der Waals surface area contributed by atoms with E-state index in [0.29, 0.717) is 10.9 Å². The average molecular weight is 414 g/mol. The number of thioether (sulfide) groups is 1. The zero-order chi connectivity index (χ0) is 20.5. The minimum atomic E-state index is -0.142. The molecule has 0 saturated heterocycles. The normalized spacial score (nSPS) is 15.7. The third-order valence-electron chi connectivity index (χ3n) is 5.33. The van der Waals surface area contributed by atoms with Gasteiger partial charge in [-0.05, 0) is 29.8 Å². The fourth-order valence-corrected chi connectivity index (χ4v) is 5.08. The molecule has 0 spiro atoms. The van der Waals surface area contributed by atoms with Gasteiger partial charge in [0.2, 0.25) is 11.3 Å². The van der Waals surface area contributed by atoms with Gasteiger partial charge in [-0.15, -0.1) is 11.8 Å². The number of rotatable bonds is 3. The minimum absolute atomic E-state index is 0.0575. The number of carbonyl (C=O) groups is 1. The largest absolute Gasteiger partial charge is 0.301 e. The van der Waals surface area contributed by atoms with E-state index < -0.39 is 0 Å². The van der Waals surface area contributed by atoms with Gasteiger partial charge in [-0.1, -0.05) is 54.6 Å². The van der Waals surface area contributed by atoms with E-state index in [1.54, 1.807) is 22.5 Å². The van der Waals surface area contributed by atoms with Gasteiger partial charge in [0.05, 0.1) is 23.4 Å². The van der Waals surface area contributed by atoms with Crippen LogP contribution in [0.1, 0.15) is 11.6 Å². The molecule has 5 rings (SSSR count). The Labute approximate surface area is 178 Å². The topological polar surface area (TPSA) is 55.2 Å². The molecule has 5 nitrogen and oxygen atoms in total. The van der Waals surface area contributed by atoms with Gasteiger partial charge >= 0.3 is 0 Å². The van der Waals surface area contributed by atoms with E-state index in [-0.39, 0.29) is 23.9 Å². The lowest BCUT2D eigenvalue weighted by Crippen LogP contribution is -2.41. The Morgan fingerprint density at radius 1 is 0.967 bits per heavy atom. The molecule has 1 aromatic heterocycles. The minimum Gasteiger partial charge on any atom is -0.301 e. The molecule has 3 aromatic carbocycles. The van der Waals surface area contributed by atoms with Crippen LogP contribution in [0.2, 0.25) is 0 Å². The molecule has 1 aliphatic rings. The summed E-state index contributed by atoms with van der Waals surface area (Å²) in [5.41, 5.74) is 2.54. The predicted molar refractivity (Wildman–Crippen MR) is 120 cm³/mol. The van der Waals surface area contributed by atoms with E-state index in [2.05, 4.69) is 23.3 Å². The molecule has 4 aromatic rings. The van der Waals surface area contributed by atoms with Crippen LogP contribution < -0.4 is 10.3 Å². The van der Waals surface area contributed by atoms with Gasteiger partial charge in [0, 0.05) is 16.0 Å². The van der Waals surface area contributed by atoms with E-state index in [0.717, 1.165) is 21.9 Å². The highest BCUT2D eigenvalue weighted by Gasteiger charge is 2.32. The van der Waals surface area contributed by atoms with Gasteiger partial charge < -0.3 is 4.90 Å². The summed E-state index contributed by atoms with van der Waals surface area (Å²) in [4.78, 5) is 28.7. The second-order valence-corrected chi connectivity index (χ2v) is 8.21. The van der Waals surface area contributed by atoms with E-state index in [1.165, 1.54) is 6.20 Å². The van der Waals surface area contributed by atoms with Crippen LogP contribution in [0.4, 0.5) is 5.69 Å². The van der Waals surface area contributed by atoms with Crippen LogP contribution in [0.3, 0.4) is 0 Å². The standard InChI is InChI=1S/C24H19N3O2S/c28-22-14-25-26(19-11-5-4-10-18(19)22)15-24(29)27-20-12-6-7-13-23(20)30-16-21(27)17-8-2-1-3-9-17/h1-14,21H,15-16H2/t21-/m0/s1. The fourth-order valence-electron chi connectivity index (χ4n) is 3.91. The van der Waals surface area contributed by atoms with Crippen LogP contribution in [0.25, 0.3) is 10.9 Å². The van der Waals surface area contributed by atoms with E-state index in [1.807, 2.05) is 59.5 Å². The van der Waals surface area contributed by atoms with Crippen molar-refractivity contribution in [2.45, 2.75) is 17.5 Å². The number of hydrogen-bond donors (Lipinski definition) is 0. The molecule has 0 radical (unpaired) electrons. The summed E-state index contributed by atoms with van der Waals surface area (Å²) in [6.07, 6.45) is 1.28. The molecule has 2 heterocycles. The second-order valence-electron chi connectivity index (χ2n) is 7.15. The first-order valence-electron chi connectivity index (χ1n) is 9.76. The van der Waals surface area contributed by atoms with Crippen LogP contribution in [-0.2, 0) is 11.3 Å². The lowest BCUT2D eigenvalue weighted by molar-refractivity contribution is -0.119. The maximum Gasteiger partial charge on any atom is 0.249 e. The highest BCUT2D eigenvalue weighted by Crippen LogP contribution is 2.43. The molecule has 0 saturated carbocycles. The first-order chi connectivity index (χ1) is 14.7. The van der Waals surface area contributed by atoms with Gasteiger partial charge in [0.25, 0.3) is 0 Å². The predicted octanol–water partition coefficient (Wildman–Crippen LogP) is 4.28. The molecule has 0 aliphatic carbocycles. The van der Waals surface area contributed by atoms with Gasteiger partial charge in [0.1, 0.15) is 6.54 Å². The molecule has 1 aliphatic heterocycles. The van der Waals surface area contributed by atoms with Crippen LogP contribution in [0, 0.1) is 0 Å². The third-order valence-corrected chi connectivity index (χ3v) is 6.47. The molecular weight excluding hydrogens is 394 g/mol. The lowest BCUT2D eigenvalue weighted by atomic mass is 10.1. The Hall–Kier alpha value is -3.38. The number of anilines is 1. The zero-order valence-electron chi connectivity index (χ0n) is 16.1. The number of amides is 1. The fraction of sp³-hybridized carbons (Fsp3) is 0.125. The summed E-state index contributed by atoms with van der Waals surface area (Å²) in [5, 5.41) is 4.81. The van der Waals surface area contributed by atoms with E-state index in [4.69, 9.17) is 0 Å². The molecular formula is C24H19N3O2S. The second kappa shape index (κ2) is 7.80. The number of nitrogens with zero attached hydrogens (tertiary/aromatic N) is 3. The summed E-state index contributed by atoms with van der Waals surface area (Å²) < 4.78 is 1.62. The summed E-state index contributed by atoms with van der Waals surface area (Å²) in [5.74, 6) is 0.725. The van der Waals surface area contributed by atoms with Crippen molar-refractivity contribution >= 4 is 34.3 Å². The molecule has 1 amide bonds. The first-order valence-corrected chi connectivity index (χ1v) is 10.7. The monoisotopic (exact) mass is 413 g/mol. The number of benzene rings is 3. The van der Waals surface area contributed by atoms with Crippen molar-refractivity contribution in [2.75, 3.05) is 10.7 Å². The molecule has 6 heteroatoms. The van der Waals surface area contributed by atoms with Crippen LogP contribution in [-0.4, -0.2) is 21.4 Å². The van der Waals surface area contributed by atoms with Crippen molar-refractivity contribution in [3.63, 3.8) is 0 Å². The molecule has 0 fully saturated rings. The summed E-state index contributed by atoms with van der Waals surface area (Å²) in [7, 11) is 0. The number of fused-ring (bicyclic) bond motifs is 2. The third kappa shape index (κ3) is 3.29. The molecule has 148 valence electrons. The Morgan fingerprint density at radius 2 is 1.70 bits per heavy atom. The number of carbonyl (C=O) groups excluding carboxylic acids is 1. The van der Waals surface area contributed by atoms with Crippen LogP contribution >= 0.6 is 11.8 Å². The highest BCUT2D eigenvalue weighted by molar-refractivity contribution is 7.99. The summed E-state index contributed by atoms with van der Waals surface area (Å²) in [6, 6.07) is 25.3. The zero-order valence-corrected chi connectivity index (χ0v) is 17.0. The number of para-hydroxylation sites is 2. The van der Waals surface area contributed by atoms with Gasteiger partial charge in [-0.25, -0.2) is 0 Å². The van der Waals surface area contributed by atoms with Crippen molar-refractivity contribution < 1.29 is 4.79 Å². The van der Waals surface area contributed by atoms with Crippen molar-refractivity contribution in [3.8, 4) is 0 Å². The van der Waals surface area contributed by atoms with Gasteiger partial charge in [0.15, 0.2) is 0 Å². The SMILES string of the molecule is O=C(Cn1ncc(=O)c2ccccc21)N1c2ccccc2SC[C@H]1c1ccccc1. The Morgan fingerprint density at radius 3 is 2.57 bits per heavy atom. The van der Waals surface area contributed by atoms with Gasteiger partial charge in [-0.2, -0.15) is 5.10 Å². The highest BCUT2D eigenvalue weighted by atomic mass is 32.2. The molecule has 1 atom stereocenters. The molecule has 0 bridgehead atoms. The average Bonchev–Trinajstić information content (AvgIpc) is 2.81. The van der Waals surface area contributed by atoms with E-state index >= 15 is 0 Å². The Kier molecular flexibility index (Phi) is 4.85. The Balaban J connectivity index is 1.57.